The van der Waals surface area contributed by atoms with Gasteiger partial charge >= 0.3 is 0 Å². The quantitative estimate of drug-likeness (QED) is 0.130. The second kappa shape index (κ2) is 16.4. The number of furan rings is 1. The minimum atomic E-state index is -2.61. The van der Waals surface area contributed by atoms with E-state index < -0.39 is 20.6 Å². The average Bonchev–Trinajstić information content (AvgIpc) is 3.90. The summed E-state index contributed by atoms with van der Waals surface area (Å²) in [6.45, 7) is 4.08. The summed E-state index contributed by atoms with van der Waals surface area (Å²) in [5, 5.41) is 5.50. The third kappa shape index (κ3) is 7.54. The summed E-state index contributed by atoms with van der Waals surface area (Å²) in [6.07, 6.45) is 1.02. The van der Waals surface area contributed by atoms with Crippen LogP contribution >= 0.6 is 0 Å². The molecule has 11 aromatic rings. The number of aromatic nitrogens is 3. The topological polar surface area (TPSA) is 43.3 Å². The molecule has 313 valence electrons. The van der Waals surface area contributed by atoms with E-state index in [1.807, 2.05) is 12.1 Å². The Labute approximate surface area is 395 Å². The van der Waals surface area contributed by atoms with E-state index in [0.29, 0.717) is 11.5 Å². The van der Waals surface area contributed by atoms with Gasteiger partial charge in [0.25, 0.3) is 0 Å². The van der Waals surface area contributed by atoms with Gasteiger partial charge in [0.1, 0.15) is 11.2 Å². The van der Waals surface area contributed by atoms with Crippen molar-refractivity contribution in [3.8, 4) is 33.5 Å². The van der Waals surface area contributed by atoms with E-state index in [4.69, 9.17) is 21.7 Å². The zero-order valence-electron chi connectivity index (χ0n) is 44.5. The van der Waals surface area contributed by atoms with Crippen molar-refractivity contribution in [3.63, 3.8) is 0 Å². The SMILES string of the molecule is CC(C)c1cc(-c2ccccc2)cc(C(C)(C)C)c1-c1ccc2c(c1)oc1cc3c4ccc[c-]c4c4nc5ccccc5n4c3cc12.[2H]C([2H])([2H])c1c[c-]c(-c2cc(C([2H])([2H])[2H])c(C([2H])([2H])[2H])cn2)cc1.[Ir]. The van der Waals surface area contributed by atoms with Gasteiger partial charge in [0.15, 0.2) is 0 Å². The van der Waals surface area contributed by atoms with Crippen LogP contribution in [0.2, 0.25) is 0 Å². The Morgan fingerprint density at radius 2 is 1.48 bits per heavy atom. The van der Waals surface area contributed by atoms with E-state index in [-0.39, 0.29) is 47.9 Å². The second-order valence-electron chi connectivity index (χ2n) is 17.3. The van der Waals surface area contributed by atoms with Crippen molar-refractivity contribution in [2.24, 2.45) is 0 Å². The van der Waals surface area contributed by atoms with Crippen molar-refractivity contribution < 1.29 is 36.9 Å². The van der Waals surface area contributed by atoms with Gasteiger partial charge in [-0.05, 0) is 118 Å². The number of pyridine rings is 2. The summed E-state index contributed by atoms with van der Waals surface area (Å²) >= 11 is 0. The Hall–Kier alpha value is -6.39. The summed E-state index contributed by atoms with van der Waals surface area (Å²) in [4.78, 5) is 9.05. The molecule has 0 saturated heterocycles. The molecule has 0 N–H and O–H groups in total. The molecular formula is C58H49IrN3O-2. The molecule has 1 radical (unpaired) electrons. The Morgan fingerprint density at radius 3 is 2.24 bits per heavy atom. The van der Waals surface area contributed by atoms with Crippen molar-refractivity contribution in [2.45, 2.75) is 66.5 Å². The average molecular weight is 1010 g/mol. The molecule has 4 aromatic heterocycles. The maximum absolute atomic E-state index is 7.54. The molecule has 0 aliphatic rings. The van der Waals surface area contributed by atoms with Crippen molar-refractivity contribution in [1.29, 1.82) is 0 Å². The number of imidazole rings is 1. The number of hydrogen-bond acceptors (Lipinski definition) is 3. The van der Waals surface area contributed by atoms with E-state index >= 15 is 0 Å². The van der Waals surface area contributed by atoms with Crippen LogP contribution in [0, 0.1) is 32.7 Å². The third-order valence-corrected chi connectivity index (χ3v) is 11.7. The first-order valence-electron chi connectivity index (χ1n) is 25.3. The molecule has 7 aromatic carbocycles. The molecule has 0 bridgehead atoms. The Kier molecular flexibility index (Phi) is 8.40. The molecule has 0 aliphatic heterocycles. The van der Waals surface area contributed by atoms with Gasteiger partial charge in [-0.15, -0.1) is 65.0 Å². The number of benzene rings is 7. The van der Waals surface area contributed by atoms with Gasteiger partial charge in [0.05, 0.1) is 16.7 Å². The normalized spacial score (nSPS) is 14.5. The number of aryl methyl sites for hydroxylation is 3. The Balaban J connectivity index is 0.000000218. The zero-order chi connectivity index (χ0) is 50.4. The Morgan fingerprint density at radius 1 is 0.667 bits per heavy atom. The van der Waals surface area contributed by atoms with Crippen LogP contribution in [0.5, 0.6) is 0 Å². The van der Waals surface area contributed by atoms with Gasteiger partial charge in [-0.25, -0.2) is 0 Å². The fourth-order valence-electron chi connectivity index (χ4n) is 8.67. The number of fused-ring (bicyclic) bond motifs is 11. The van der Waals surface area contributed by atoms with Crippen molar-refractivity contribution in [3.05, 3.63) is 186 Å². The van der Waals surface area contributed by atoms with Crippen molar-refractivity contribution in [2.75, 3.05) is 0 Å². The number of rotatable bonds is 4. The molecule has 0 atom stereocenters. The summed E-state index contributed by atoms with van der Waals surface area (Å²) in [5.74, 6) is 0.351. The fourth-order valence-corrected chi connectivity index (χ4v) is 8.67. The zero-order valence-corrected chi connectivity index (χ0v) is 37.9. The molecule has 5 heteroatoms. The van der Waals surface area contributed by atoms with Crippen LogP contribution in [0.1, 0.15) is 80.7 Å². The molecule has 11 rings (SSSR count). The number of nitrogens with zero attached hydrogens (tertiary/aromatic N) is 3. The smallest absolute Gasteiger partial charge is 0.136 e. The first-order chi connectivity index (χ1) is 33.6. The molecule has 0 spiro atoms. The third-order valence-electron chi connectivity index (χ3n) is 11.7. The monoisotopic (exact) mass is 1010 g/mol. The second-order valence-corrected chi connectivity index (χ2v) is 17.3. The molecule has 63 heavy (non-hydrogen) atoms. The predicted molar refractivity (Wildman–Crippen MR) is 260 cm³/mol. The van der Waals surface area contributed by atoms with E-state index in [0.717, 1.165) is 66.5 Å². The van der Waals surface area contributed by atoms with Crippen molar-refractivity contribution >= 4 is 60.3 Å². The molecule has 0 amide bonds. The van der Waals surface area contributed by atoms with Crippen LogP contribution in [-0.4, -0.2) is 14.4 Å². The maximum atomic E-state index is 7.54. The molecule has 4 heterocycles. The van der Waals surface area contributed by atoms with E-state index in [2.05, 4.69) is 159 Å². The van der Waals surface area contributed by atoms with Crippen LogP contribution < -0.4 is 0 Å². The van der Waals surface area contributed by atoms with Crippen LogP contribution in [0.15, 0.2) is 150 Å². The van der Waals surface area contributed by atoms with Gasteiger partial charge in [0, 0.05) is 54.9 Å². The molecular weight excluding hydrogens is 947 g/mol. The van der Waals surface area contributed by atoms with Crippen LogP contribution in [-0.2, 0) is 25.5 Å². The summed E-state index contributed by atoms with van der Waals surface area (Å²) in [7, 11) is 0. The van der Waals surface area contributed by atoms with Gasteiger partial charge in [0.2, 0.25) is 0 Å². The summed E-state index contributed by atoms with van der Waals surface area (Å²) < 4.78 is 75.9. The predicted octanol–water partition coefficient (Wildman–Crippen LogP) is 15.7. The van der Waals surface area contributed by atoms with Crippen LogP contribution in [0.25, 0.3) is 93.8 Å². The molecule has 0 unspecified atom stereocenters. The Bertz CT molecular complexity index is 3850. The maximum Gasteiger partial charge on any atom is 0.136 e. The summed E-state index contributed by atoms with van der Waals surface area (Å²) in [6, 6.07) is 52.9. The van der Waals surface area contributed by atoms with E-state index in [1.165, 1.54) is 57.6 Å². The summed E-state index contributed by atoms with van der Waals surface area (Å²) in [5.41, 5.74) is 13.6. The minimum absolute atomic E-state index is 0. The first kappa shape index (κ1) is 32.3. The van der Waals surface area contributed by atoms with Gasteiger partial charge in [-0.1, -0.05) is 113 Å². The number of hydrogen-bond donors (Lipinski definition) is 0. The largest absolute Gasteiger partial charge is 0.456 e. The minimum Gasteiger partial charge on any atom is -0.456 e. The molecule has 4 nitrogen and oxygen atoms in total. The van der Waals surface area contributed by atoms with E-state index in [1.54, 1.807) is 0 Å². The molecule has 0 fully saturated rings. The molecule has 0 saturated carbocycles. The first-order valence-corrected chi connectivity index (χ1v) is 20.8. The standard InChI is InChI=1S/C44H35N2O.C14H14N.Ir/c1-26(2)33-21-29(27-13-7-6-8-14-27)22-36(44(3,4)5)42(33)28-19-20-31-35-24-39-34(25-41(35)47-40(31)23-28)30-15-9-10-16-32(30)43-45-37-17-11-12-18-38(37)46(39)43;1-10-4-6-13(7-5-10)14-8-11(2)12(3)9-15-14;/h6-15,17-26H,1-5H3;4-6,8-9H,1-3H3;/q2*-1;/i;1D3,2D3,3D3;. The fraction of sp³-hybridized carbons (Fsp3) is 0.172. The van der Waals surface area contributed by atoms with Crippen molar-refractivity contribution in [1.82, 2.24) is 14.4 Å². The molecule has 0 aliphatic carbocycles. The number of para-hydroxylation sites is 2. The van der Waals surface area contributed by atoms with Crippen LogP contribution in [0.4, 0.5) is 0 Å². The van der Waals surface area contributed by atoms with Gasteiger partial charge < -0.3 is 13.8 Å². The van der Waals surface area contributed by atoms with Crippen LogP contribution in [0.3, 0.4) is 0 Å². The van der Waals surface area contributed by atoms with E-state index in [9.17, 15) is 0 Å². The van der Waals surface area contributed by atoms with Gasteiger partial charge in [-0.3, -0.25) is 4.98 Å². The van der Waals surface area contributed by atoms with Gasteiger partial charge in [-0.2, -0.15) is 0 Å².